The zero-order chi connectivity index (χ0) is 18.6. The van der Waals surface area contributed by atoms with Crippen LogP contribution in [0.3, 0.4) is 0 Å². The third-order valence-electron chi connectivity index (χ3n) is 3.84. The highest BCUT2D eigenvalue weighted by atomic mass is 35.5. The van der Waals surface area contributed by atoms with E-state index in [0.29, 0.717) is 28.2 Å². The second-order valence-corrected chi connectivity index (χ2v) is 7.09. The van der Waals surface area contributed by atoms with E-state index in [4.69, 9.17) is 11.6 Å². The number of para-hydroxylation sites is 3. The van der Waals surface area contributed by atoms with E-state index in [-0.39, 0.29) is 11.7 Å². The molecule has 136 valence electrons. The number of nitrogens with zero attached hydrogens (tertiary/aromatic N) is 4. The summed E-state index contributed by atoms with van der Waals surface area (Å²) in [5.74, 6) is 0.725. The average Bonchev–Trinajstić information content (AvgIpc) is 3.30. The predicted molar refractivity (Wildman–Crippen MR) is 106 cm³/mol. The molecular formula is C18H15ClN6OS. The quantitative estimate of drug-likeness (QED) is 0.484. The molecule has 0 atom stereocenters. The van der Waals surface area contributed by atoms with Crippen LogP contribution in [0.15, 0.2) is 60.0 Å². The normalized spacial score (nSPS) is 11.0. The first-order chi connectivity index (χ1) is 13.2. The van der Waals surface area contributed by atoms with Gasteiger partial charge in [0.25, 0.3) is 0 Å². The predicted octanol–water partition coefficient (Wildman–Crippen LogP) is 3.59. The van der Waals surface area contributed by atoms with Gasteiger partial charge in [0.05, 0.1) is 40.4 Å². The van der Waals surface area contributed by atoms with Crippen molar-refractivity contribution in [3.05, 3.63) is 65.7 Å². The molecule has 0 radical (unpaired) electrons. The fourth-order valence-corrected chi connectivity index (χ4v) is 3.39. The van der Waals surface area contributed by atoms with Gasteiger partial charge in [0.1, 0.15) is 5.82 Å². The van der Waals surface area contributed by atoms with Gasteiger partial charge in [-0.2, -0.15) is 0 Å². The summed E-state index contributed by atoms with van der Waals surface area (Å²) in [7, 11) is 0. The SMILES string of the molecule is O=C(CSc1n[nH]c(Cn2cnc3ccccc32)n1)Nc1ccccc1Cl. The van der Waals surface area contributed by atoms with Crippen LogP contribution in [0.2, 0.25) is 5.02 Å². The number of aromatic amines is 1. The largest absolute Gasteiger partial charge is 0.324 e. The van der Waals surface area contributed by atoms with Crippen molar-refractivity contribution in [2.45, 2.75) is 11.7 Å². The summed E-state index contributed by atoms with van der Waals surface area (Å²) < 4.78 is 1.99. The van der Waals surface area contributed by atoms with Crippen molar-refractivity contribution in [2.24, 2.45) is 0 Å². The van der Waals surface area contributed by atoms with Gasteiger partial charge in [-0.15, -0.1) is 5.10 Å². The fraction of sp³-hybridized carbons (Fsp3) is 0.111. The van der Waals surface area contributed by atoms with Crippen LogP contribution in [0.25, 0.3) is 11.0 Å². The van der Waals surface area contributed by atoms with Gasteiger partial charge >= 0.3 is 0 Å². The van der Waals surface area contributed by atoms with Crippen molar-refractivity contribution in [3.8, 4) is 0 Å². The van der Waals surface area contributed by atoms with Gasteiger partial charge in [-0.3, -0.25) is 9.89 Å². The number of anilines is 1. The van der Waals surface area contributed by atoms with Crippen molar-refractivity contribution in [1.29, 1.82) is 0 Å². The lowest BCUT2D eigenvalue weighted by Crippen LogP contribution is -2.14. The highest BCUT2D eigenvalue weighted by molar-refractivity contribution is 7.99. The van der Waals surface area contributed by atoms with Crippen molar-refractivity contribution >= 4 is 46.0 Å². The Morgan fingerprint density at radius 1 is 1.19 bits per heavy atom. The summed E-state index contributed by atoms with van der Waals surface area (Å²) in [6, 6.07) is 15.0. The Bertz CT molecular complexity index is 1090. The maximum absolute atomic E-state index is 12.1. The minimum Gasteiger partial charge on any atom is -0.324 e. The van der Waals surface area contributed by atoms with E-state index >= 15 is 0 Å². The molecule has 0 fully saturated rings. The Kier molecular flexibility index (Phi) is 5.08. The van der Waals surface area contributed by atoms with Crippen LogP contribution in [0.1, 0.15) is 5.82 Å². The number of thioether (sulfide) groups is 1. The number of hydrogen-bond donors (Lipinski definition) is 2. The summed E-state index contributed by atoms with van der Waals surface area (Å²) >= 11 is 7.30. The van der Waals surface area contributed by atoms with Crippen molar-refractivity contribution in [1.82, 2.24) is 24.7 Å². The summed E-state index contributed by atoms with van der Waals surface area (Å²) in [6.45, 7) is 0.528. The molecule has 4 rings (SSSR count). The number of hydrogen-bond acceptors (Lipinski definition) is 5. The number of amides is 1. The molecular weight excluding hydrogens is 384 g/mol. The summed E-state index contributed by atoms with van der Waals surface area (Å²) in [5.41, 5.74) is 2.55. The van der Waals surface area contributed by atoms with Crippen molar-refractivity contribution < 1.29 is 4.79 Å². The van der Waals surface area contributed by atoms with E-state index in [0.717, 1.165) is 11.0 Å². The number of aromatic nitrogens is 5. The zero-order valence-electron chi connectivity index (χ0n) is 14.1. The first-order valence-electron chi connectivity index (χ1n) is 8.17. The number of imidazole rings is 1. The third-order valence-corrected chi connectivity index (χ3v) is 5.02. The number of fused-ring (bicyclic) bond motifs is 1. The fourth-order valence-electron chi connectivity index (χ4n) is 2.59. The molecule has 2 aromatic carbocycles. The van der Waals surface area contributed by atoms with Gasteiger partial charge in [-0.25, -0.2) is 9.97 Å². The highest BCUT2D eigenvalue weighted by Crippen LogP contribution is 2.21. The molecule has 2 aromatic heterocycles. The Labute approximate surface area is 164 Å². The molecule has 0 aliphatic heterocycles. The molecule has 0 saturated carbocycles. The number of rotatable bonds is 6. The monoisotopic (exact) mass is 398 g/mol. The smallest absolute Gasteiger partial charge is 0.234 e. The van der Waals surface area contributed by atoms with E-state index in [1.165, 1.54) is 11.8 Å². The Morgan fingerprint density at radius 3 is 2.89 bits per heavy atom. The van der Waals surface area contributed by atoms with Gasteiger partial charge in [0, 0.05) is 0 Å². The molecule has 2 heterocycles. The second kappa shape index (κ2) is 7.81. The number of benzene rings is 2. The first kappa shape index (κ1) is 17.6. The number of carbonyl (C=O) groups is 1. The zero-order valence-corrected chi connectivity index (χ0v) is 15.7. The van der Waals surface area contributed by atoms with E-state index in [1.807, 2.05) is 41.0 Å². The van der Waals surface area contributed by atoms with E-state index in [1.54, 1.807) is 18.5 Å². The summed E-state index contributed by atoms with van der Waals surface area (Å²) in [4.78, 5) is 20.9. The minimum absolute atomic E-state index is 0.167. The first-order valence-corrected chi connectivity index (χ1v) is 9.54. The highest BCUT2D eigenvalue weighted by Gasteiger charge is 2.10. The van der Waals surface area contributed by atoms with Crippen molar-refractivity contribution in [2.75, 3.05) is 11.1 Å². The van der Waals surface area contributed by atoms with E-state index in [2.05, 4.69) is 25.5 Å². The molecule has 0 aliphatic carbocycles. The Morgan fingerprint density at radius 2 is 2.00 bits per heavy atom. The molecule has 4 aromatic rings. The van der Waals surface area contributed by atoms with Crippen molar-refractivity contribution in [3.63, 3.8) is 0 Å². The minimum atomic E-state index is -0.167. The second-order valence-electron chi connectivity index (χ2n) is 5.74. The van der Waals surface area contributed by atoms with Crippen LogP contribution in [-0.4, -0.2) is 36.4 Å². The number of nitrogens with one attached hydrogen (secondary N) is 2. The van der Waals surface area contributed by atoms with E-state index in [9.17, 15) is 4.79 Å². The van der Waals surface area contributed by atoms with Crippen LogP contribution < -0.4 is 5.32 Å². The number of halogens is 1. The molecule has 0 saturated heterocycles. The Hall–Kier alpha value is -2.84. The van der Waals surface area contributed by atoms with Gasteiger partial charge in [-0.05, 0) is 24.3 Å². The third kappa shape index (κ3) is 4.12. The van der Waals surface area contributed by atoms with Gasteiger partial charge in [0.15, 0.2) is 0 Å². The maximum Gasteiger partial charge on any atom is 0.234 e. The number of carbonyl (C=O) groups excluding carboxylic acids is 1. The Balaban J connectivity index is 1.35. The number of H-pyrrole nitrogens is 1. The van der Waals surface area contributed by atoms with E-state index < -0.39 is 0 Å². The van der Waals surface area contributed by atoms with Crippen LogP contribution in [-0.2, 0) is 11.3 Å². The van der Waals surface area contributed by atoms with Crippen LogP contribution >= 0.6 is 23.4 Å². The lowest BCUT2D eigenvalue weighted by atomic mass is 10.3. The summed E-state index contributed by atoms with van der Waals surface area (Å²) in [5, 5.41) is 10.9. The standard InChI is InChI=1S/C18H15ClN6OS/c19-12-5-1-2-6-13(12)21-17(26)10-27-18-22-16(23-24-18)9-25-11-20-14-7-3-4-8-15(14)25/h1-8,11H,9-10H2,(H,21,26)(H,22,23,24). The average molecular weight is 399 g/mol. The molecule has 9 heteroatoms. The molecule has 0 unspecified atom stereocenters. The summed E-state index contributed by atoms with van der Waals surface area (Å²) in [6.07, 6.45) is 1.77. The van der Waals surface area contributed by atoms with Crippen LogP contribution in [0.4, 0.5) is 5.69 Å². The van der Waals surface area contributed by atoms with Gasteiger partial charge in [0.2, 0.25) is 11.1 Å². The lowest BCUT2D eigenvalue weighted by Gasteiger charge is -2.05. The molecule has 7 nitrogen and oxygen atoms in total. The molecule has 1 amide bonds. The van der Waals surface area contributed by atoms with Crippen LogP contribution in [0, 0.1) is 0 Å². The van der Waals surface area contributed by atoms with Gasteiger partial charge in [-0.1, -0.05) is 47.6 Å². The van der Waals surface area contributed by atoms with Crippen LogP contribution in [0.5, 0.6) is 0 Å². The molecule has 0 bridgehead atoms. The molecule has 0 spiro atoms. The maximum atomic E-state index is 12.1. The lowest BCUT2D eigenvalue weighted by molar-refractivity contribution is -0.113. The molecule has 2 N–H and O–H groups in total. The molecule has 27 heavy (non-hydrogen) atoms. The topological polar surface area (TPSA) is 88.5 Å². The van der Waals surface area contributed by atoms with Gasteiger partial charge < -0.3 is 9.88 Å². The molecule has 0 aliphatic rings.